The molecule has 154 valence electrons. The first-order valence-corrected chi connectivity index (χ1v) is 10.4. The Morgan fingerprint density at radius 2 is 2.00 bits per heavy atom. The summed E-state index contributed by atoms with van der Waals surface area (Å²) in [6.07, 6.45) is 10.5. The van der Waals surface area contributed by atoms with Crippen molar-refractivity contribution in [3.63, 3.8) is 0 Å². The van der Waals surface area contributed by atoms with Crippen molar-refractivity contribution in [2.75, 3.05) is 13.7 Å². The SMILES string of the molecule is COC(=O)CCCCCCN1C(=O)CCCC1C=CC(O)Cc1ccccc1. The van der Waals surface area contributed by atoms with E-state index in [-0.39, 0.29) is 17.9 Å². The van der Waals surface area contributed by atoms with Crippen molar-refractivity contribution in [3.8, 4) is 0 Å². The third-order valence-electron chi connectivity index (χ3n) is 5.21. The molecule has 1 aliphatic rings. The molecule has 2 rings (SSSR count). The van der Waals surface area contributed by atoms with Gasteiger partial charge < -0.3 is 14.7 Å². The van der Waals surface area contributed by atoms with Gasteiger partial charge in [-0.05, 0) is 31.2 Å². The van der Waals surface area contributed by atoms with Crippen LogP contribution in [0.3, 0.4) is 0 Å². The third kappa shape index (κ3) is 7.85. The molecule has 5 nitrogen and oxygen atoms in total. The maximum atomic E-state index is 12.4. The highest BCUT2D eigenvalue weighted by Crippen LogP contribution is 2.21. The predicted molar refractivity (Wildman–Crippen MR) is 110 cm³/mol. The van der Waals surface area contributed by atoms with E-state index in [4.69, 9.17) is 0 Å². The molecule has 1 aromatic carbocycles. The predicted octanol–water partition coefficient (Wildman–Crippen LogP) is 3.65. The van der Waals surface area contributed by atoms with E-state index in [2.05, 4.69) is 4.74 Å². The van der Waals surface area contributed by atoms with Crippen molar-refractivity contribution in [2.45, 2.75) is 69.9 Å². The average molecular weight is 388 g/mol. The van der Waals surface area contributed by atoms with Crippen molar-refractivity contribution < 1.29 is 19.4 Å². The largest absolute Gasteiger partial charge is 0.469 e. The maximum absolute atomic E-state index is 12.4. The Kier molecular flexibility index (Phi) is 9.77. The van der Waals surface area contributed by atoms with Crippen molar-refractivity contribution in [2.24, 2.45) is 0 Å². The number of nitrogens with zero attached hydrogens (tertiary/aromatic N) is 1. The molecule has 1 N–H and O–H groups in total. The van der Waals surface area contributed by atoms with Crippen LogP contribution >= 0.6 is 0 Å². The topological polar surface area (TPSA) is 66.8 Å². The summed E-state index contributed by atoms with van der Waals surface area (Å²) in [4.78, 5) is 25.4. The lowest BCUT2D eigenvalue weighted by Gasteiger charge is -2.34. The number of carbonyl (C=O) groups excluding carboxylic acids is 2. The zero-order chi connectivity index (χ0) is 20.2. The number of unbranched alkanes of at least 4 members (excludes halogenated alkanes) is 3. The Hall–Kier alpha value is -2.14. The number of carbonyl (C=O) groups is 2. The van der Waals surface area contributed by atoms with Gasteiger partial charge in [-0.3, -0.25) is 9.59 Å². The van der Waals surface area contributed by atoms with E-state index in [9.17, 15) is 14.7 Å². The average Bonchev–Trinajstić information content (AvgIpc) is 2.70. The first-order chi connectivity index (χ1) is 13.6. The van der Waals surface area contributed by atoms with Crippen LogP contribution < -0.4 is 0 Å². The van der Waals surface area contributed by atoms with Gasteiger partial charge in [0.15, 0.2) is 0 Å². The Bertz CT molecular complexity index is 629. The fourth-order valence-electron chi connectivity index (χ4n) is 3.62. The smallest absolute Gasteiger partial charge is 0.305 e. The van der Waals surface area contributed by atoms with E-state index in [1.54, 1.807) is 0 Å². The van der Waals surface area contributed by atoms with Crippen LogP contribution in [0.2, 0.25) is 0 Å². The Labute approximate surface area is 168 Å². The second-order valence-electron chi connectivity index (χ2n) is 7.43. The number of hydrogen-bond donors (Lipinski definition) is 1. The van der Waals surface area contributed by atoms with E-state index >= 15 is 0 Å². The Morgan fingerprint density at radius 3 is 2.75 bits per heavy atom. The molecular formula is C23H33NO4. The van der Waals surface area contributed by atoms with Gasteiger partial charge in [-0.25, -0.2) is 0 Å². The van der Waals surface area contributed by atoms with Gasteiger partial charge in [-0.2, -0.15) is 0 Å². The molecule has 0 aliphatic carbocycles. The van der Waals surface area contributed by atoms with Gasteiger partial charge in [0.1, 0.15) is 0 Å². The lowest BCUT2D eigenvalue weighted by atomic mass is 9.99. The highest BCUT2D eigenvalue weighted by Gasteiger charge is 2.25. The molecule has 0 saturated carbocycles. The molecule has 1 amide bonds. The van der Waals surface area contributed by atoms with Gasteiger partial charge in [0.05, 0.1) is 19.3 Å². The minimum Gasteiger partial charge on any atom is -0.469 e. The summed E-state index contributed by atoms with van der Waals surface area (Å²) in [7, 11) is 1.41. The van der Waals surface area contributed by atoms with Crippen LogP contribution in [0.4, 0.5) is 0 Å². The summed E-state index contributed by atoms with van der Waals surface area (Å²) < 4.78 is 4.64. The monoisotopic (exact) mass is 387 g/mol. The molecule has 1 saturated heterocycles. The number of aliphatic hydroxyl groups excluding tert-OH is 1. The van der Waals surface area contributed by atoms with Crippen molar-refractivity contribution in [1.82, 2.24) is 4.90 Å². The minimum atomic E-state index is -0.542. The highest BCUT2D eigenvalue weighted by atomic mass is 16.5. The summed E-state index contributed by atoms with van der Waals surface area (Å²) in [6.45, 7) is 0.737. The van der Waals surface area contributed by atoms with Gasteiger partial charge >= 0.3 is 5.97 Å². The van der Waals surface area contributed by atoms with Crippen LogP contribution in [0.25, 0.3) is 0 Å². The number of aliphatic hydroxyl groups is 1. The van der Waals surface area contributed by atoms with Gasteiger partial charge in [-0.1, -0.05) is 55.3 Å². The molecule has 0 bridgehead atoms. The van der Waals surface area contributed by atoms with E-state index in [0.717, 1.165) is 50.6 Å². The molecule has 1 aromatic rings. The van der Waals surface area contributed by atoms with Crippen LogP contribution in [-0.2, 0) is 20.7 Å². The number of ether oxygens (including phenoxy) is 1. The molecule has 1 aliphatic heterocycles. The van der Waals surface area contributed by atoms with Gasteiger partial charge in [-0.15, -0.1) is 0 Å². The highest BCUT2D eigenvalue weighted by molar-refractivity contribution is 5.77. The fraction of sp³-hybridized carbons (Fsp3) is 0.565. The number of benzene rings is 1. The second kappa shape index (κ2) is 12.3. The summed E-state index contributed by atoms with van der Waals surface area (Å²) in [5, 5.41) is 10.3. The van der Waals surface area contributed by atoms with Crippen LogP contribution in [0.1, 0.15) is 56.9 Å². The second-order valence-corrected chi connectivity index (χ2v) is 7.43. The third-order valence-corrected chi connectivity index (χ3v) is 5.21. The van der Waals surface area contributed by atoms with Crippen LogP contribution in [0, 0.1) is 0 Å². The first kappa shape index (κ1) is 22.2. The zero-order valence-electron chi connectivity index (χ0n) is 16.9. The molecule has 0 radical (unpaired) electrons. The number of rotatable bonds is 11. The molecule has 2 unspecified atom stereocenters. The zero-order valence-corrected chi connectivity index (χ0v) is 16.9. The molecule has 1 heterocycles. The molecule has 5 heteroatoms. The number of hydrogen-bond acceptors (Lipinski definition) is 4. The molecular weight excluding hydrogens is 354 g/mol. The van der Waals surface area contributed by atoms with E-state index in [0.29, 0.717) is 19.3 Å². The van der Waals surface area contributed by atoms with Crippen molar-refractivity contribution in [3.05, 3.63) is 48.0 Å². The number of methoxy groups -OCH3 is 1. The number of piperidine rings is 1. The molecule has 2 atom stereocenters. The van der Waals surface area contributed by atoms with E-state index < -0.39 is 6.10 Å². The minimum absolute atomic E-state index is 0.0711. The Morgan fingerprint density at radius 1 is 1.25 bits per heavy atom. The van der Waals surface area contributed by atoms with Gasteiger partial charge in [0.25, 0.3) is 0 Å². The fourth-order valence-corrected chi connectivity index (χ4v) is 3.62. The van der Waals surface area contributed by atoms with Crippen LogP contribution in [0.15, 0.2) is 42.5 Å². The molecule has 0 aromatic heterocycles. The summed E-state index contributed by atoms with van der Waals surface area (Å²) in [5.41, 5.74) is 1.10. The van der Waals surface area contributed by atoms with Crippen LogP contribution in [-0.4, -0.2) is 47.7 Å². The summed E-state index contributed by atoms with van der Waals surface area (Å²) >= 11 is 0. The maximum Gasteiger partial charge on any atom is 0.305 e. The first-order valence-electron chi connectivity index (χ1n) is 10.4. The summed E-state index contributed by atoms with van der Waals surface area (Å²) in [5.74, 6) is 0.0403. The molecule has 1 fully saturated rings. The number of amides is 1. The van der Waals surface area contributed by atoms with Crippen molar-refractivity contribution in [1.29, 1.82) is 0 Å². The van der Waals surface area contributed by atoms with Gasteiger partial charge in [0, 0.05) is 25.8 Å². The van der Waals surface area contributed by atoms with E-state index in [1.165, 1.54) is 7.11 Å². The van der Waals surface area contributed by atoms with Gasteiger partial charge in [0.2, 0.25) is 5.91 Å². The number of esters is 1. The number of likely N-dealkylation sites (tertiary alicyclic amines) is 1. The molecule has 28 heavy (non-hydrogen) atoms. The lowest BCUT2D eigenvalue weighted by Crippen LogP contribution is -2.43. The lowest BCUT2D eigenvalue weighted by molar-refractivity contribution is -0.140. The summed E-state index contributed by atoms with van der Waals surface area (Å²) in [6, 6.07) is 9.99. The Balaban J connectivity index is 1.77. The normalized spacial score (nSPS) is 18.4. The standard InChI is InChI=1S/C23H33NO4/c1-28-23(27)14-7-2-3-8-17-24-20(12-9-13-22(24)26)15-16-21(25)18-19-10-5-4-6-11-19/h4-6,10-11,15-16,20-21,25H,2-3,7-9,12-14,17-18H2,1H3. The quantitative estimate of drug-likeness (QED) is 0.358. The molecule has 0 spiro atoms. The van der Waals surface area contributed by atoms with Crippen LogP contribution in [0.5, 0.6) is 0 Å². The van der Waals surface area contributed by atoms with E-state index in [1.807, 2.05) is 47.4 Å². The van der Waals surface area contributed by atoms with Crippen molar-refractivity contribution >= 4 is 11.9 Å².